The summed E-state index contributed by atoms with van der Waals surface area (Å²) in [6, 6.07) is 0. The number of hydrogen-bond donors (Lipinski definition) is 1. The first kappa shape index (κ1) is 8.18. The van der Waals surface area contributed by atoms with E-state index in [9.17, 15) is 9.59 Å². The highest BCUT2D eigenvalue weighted by atomic mass is 79.9. The molecule has 2 amide bonds. The van der Waals surface area contributed by atoms with Gasteiger partial charge in [0, 0.05) is 28.8 Å². The van der Waals surface area contributed by atoms with Crippen LogP contribution in [0, 0.1) is 10.8 Å². The van der Waals surface area contributed by atoms with Gasteiger partial charge >= 0.3 is 5.91 Å². The molecule has 0 aliphatic carbocycles. The Bertz CT molecular complexity index is 189. The normalized spacial score (nSPS) is 6.89. The molecule has 0 saturated carbocycles. The standard InChI is InChI=1S/C5H4BrNO2/c1-4(8)7-5(9)2-3-6/h1H3,(H,7,8,9). The summed E-state index contributed by atoms with van der Waals surface area (Å²) in [6.07, 6.45) is 0. The molecule has 0 unspecified atom stereocenters. The average Bonchev–Trinajstić information content (AvgIpc) is 1.63. The van der Waals surface area contributed by atoms with Gasteiger partial charge < -0.3 is 0 Å². The Morgan fingerprint density at radius 1 is 1.56 bits per heavy atom. The zero-order chi connectivity index (χ0) is 7.28. The summed E-state index contributed by atoms with van der Waals surface area (Å²) in [6.45, 7) is 1.24. The molecule has 3 nitrogen and oxygen atoms in total. The molecule has 4 heteroatoms. The largest absolute Gasteiger partial charge is 0.303 e. The maximum Gasteiger partial charge on any atom is 0.303 e. The first-order valence-electron chi connectivity index (χ1n) is 2.10. The van der Waals surface area contributed by atoms with Crippen LogP contribution in [-0.4, -0.2) is 11.8 Å². The highest BCUT2D eigenvalue weighted by Gasteiger charge is 1.95. The number of carbonyl (C=O) groups excluding carboxylic acids is 2. The monoisotopic (exact) mass is 189 g/mol. The molecular formula is C5H4BrNO2. The minimum Gasteiger partial charge on any atom is -0.286 e. The van der Waals surface area contributed by atoms with Crippen molar-refractivity contribution >= 4 is 27.7 Å². The molecule has 0 fully saturated rings. The first-order chi connectivity index (χ1) is 4.16. The SMILES string of the molecule is CC(=O)NC(=O)C#CBr. The predicted octanol–water partition coefficient (Wildman–Crippen LogP) is 0.00490. The molecule has 0 aliphatic rings. The Morgan fingerprint density at radius 2 is 2.11 bits per heavy atom. The van der Waals surface area contributed by atoms with Crippen LogP contribution >= 0.6 is 15.9 Å². The molecule has 0 spiro atoms. The van der Waals surface area contributed by atoms with E-state index in [4.69, 9.17) is 0 Å². The lowest BCUT2D eigenvalue weighted by atomic mass is 10.6. The molecule has 0 saturated heterocycles. The van der Waals surface area contributed by atoms with Crippen LogP contribution in [0.3, 0.4) is 0 Å². The molecule has 0 rings (SSSR count). The number of rotatable bonds is 0. The van der Waals surface area contributed by atoms with Crippen molar-refractivity contribution in [1.82, 2.24) is 5.32 Å². The molecule has 0 radical (unpaired) electrons. The minimum absolute atomic E-state index is 0.407. The van der Waals surface area contributed by atoms with Crippen LogP contribution in [0.2, 0.25) is 0 Å². The summed E-state index contributed by atoms with van der Waals surface area (Å²) >= 11 is 2.71. The Hall–Kier alpha value is -0.820. The van der Waals surface area contributed by atoms with Crippen LogP contribution in [0.15, 0.2) is 0 Å². The van der Waals surface area contributed by atoms with Gasteiger partial charge in [-0.3, -0.25) is 14.9 Å². The summed E-state index contributed by atoms with van der Waals surface area (Å²) in [7, 11) is 0. The number of amides is 2. The number of imide groups is 1. The fourth-order valence-corrected chi connectivity index (χ4v) is 0.414. The van der Waals surface area contributed by atoms with Crippen molar-refractivity contribution in [2.75, 3.05) is 0 Å². The Morgan fingerprint density at radius 3 is 2.44 bits per heavy atom. The van der Waals surface area contributed by atoms with Crippen molar-refractivity contribution in [2.24, 2.45) is 0 Å². The van der Waals surface area contributed by atoms with Crippen molar-refractivity contribution in [3.8, 4) is 10.8 Å². The van der Waals surface area contributed by atoms with Crippen molar-refractivity contribution < 1.29 is 9.59 Å². The van der Waals surface area contributed by atoms with E-state index in [2.05, 4.69) is 26.7 Å². The molecule has 0 aromatic carbocycles. The minimum atomic E-state index is -0.598. The summed E-state index contributed by atoms with van der Waals surface area (Å²) in [4.78, 5) is 22.6. The zero-order valence-corrected chi connectivity index (χ0v) is 6.28. The Kier molecular flexibility index (Phi) is 3.72. The zero-order valence-electron chi connectivity index (χ0n) is 4.69. The van der Waals surface area contributed by atoms with Crippen LogP contribution in [0.5, 0.6) is 0 Å². The smallest absolute Gasteiger partial charge is 0.286 e. The summed E-state index contributed by atoms with van der Waals surface area (Å²) in [5.74, 6) is 1.07. The van der Waals surface area contributed by atoms with E-state index < -0.39 is 11.8 Å². The molecule has 48 valence electrons. The van der Waals surface area contributed by atoms with E-state index in [1.165, 1.54) is 6.92 Å². The molecule has 0 atom stereocenters. The number of nitrogens with one attached hydrogen (secondary N) is 1. The molecule has 0 bridgehead atoms. The van der Waals surface area contributed by atoms with Gasteiger partial charge in [0.1, 0.15) is 0 Å². The second-order valence-corrected chi connectivity index (χ2v) is 1.63. The van der Waals surface area contributed by atoms with Crippen LogP contribution in [0.1, 0.15) is 6.92 Å². The van der Waals surface area contributed by atoms with E-state index in [0.29, 0.717) is 0 Å². The second kappa shape index (κ2) is 4.10. The molecule has 1 N–H and O–H groups in total. The van der Waals surface area contributed by atoms with Crippen LogP contribution < -0.4 is 5.32 Å². The summed E-state index contributed by atoms with van der Waals surface area (Å²) in [5.41, 5.74) is 0. The maximum absolute atomic E-state index is 10.3. The Labute approximate surface area is 60.9 Å². The van der Waals surface area contributed by atoms with E-state index in [-0.39, 0.29) is 0 Å². The van der Waals surface area contributed by atoms with E-state index in [0.717, 1.165) is 0 Å². The average molecular weight is 190 g/mol. The van der Waals surface area contributed by atoms with Crippen molar-refractivity contribution in [1.29, 1.82) is 0 Å². The second-order valence-electron chi connectivity index (χ2n) is 1.23. The quantitative estimate of drug-likeness (QED) is 0.546. The first-order valence-corrected chi connectivity index (χ1v) is 2.89. The van der Waals surface area contributed by atoms with Gasteiger partial charge in [-0.05, 0) is 4.83 Å². The molecule has 0 aromatic rings. The van der Waals surface area contributed by atoms with Crippen molar-refractivity contribution in [3.05, 3.63) is 0 Å². The number of halogens is 1. The van der Waals surface area contributed by atoms with Gasteiger partial charge in [-0.1, -0.05) is 0 Å². The molecular weight excluding hydrogens is 186 g/mol. The highest BCUT2D eigenvalue weighted by molar-refractivity contribution is 9.12. The van der Waals surface area contributed by atoms with E-state index in [1.54, 1.807) is 0 Å². The lowest BCUT2D eigenvalue weighted by molar-refractivity contribution is -0.126. The van der Waals surface area contributed by atoms with Crippen LogP contribution in [0.25, 0.3) is 0 Å². The topological polar surface area (TPSA) is 46.2 Å². The van der Waals surface area contributed by atoms with Gasteiger partial charge in [-0.15, -0.1) is 0 Å². The van der Waals surface area contributed by atoms with E-state index in [1.807, 2.05) is 5.32 Å². The lowest BCUT2D eigenvalue weighted by Crippen LogP contribution is -2.26. The molecule has 0 aromatic heterocycles. The molecule has 0 heterocycles. The molecule has 9 heavy (non-hydrogen) atoms. The number of hydrogen-bond acceptors (Lipinski definition) is 2. The molecule has 0 aliphatic heterocycles. The fraction of sp³-hybridized carbons (Fsp3) is 0.200. The third-order valence-electron chi connectivity index (χ3n) is 0.450. The number of carbonyl (C=O) groups is 2. The van der Waals surface area contributed by atoms with Gasteiger partial charge in [0.05, 0.1) is 0 Å². The fourth-order valence-electron chi connectivity index (χ4n) is 0.234. The van der Waals surface area contributed by atoms with Crippen molar-refractivity contribution in [2.45, 2.75) is 6.92 Å². The van der Waals surface area contributed by atoms with Gasteiger partial charge in [-0.2, -0.15) is 0 Å². The highest BCUT2D eigenvalue weighted by Crippen LogP contribution is 1.69. The predicted molar refractivity (Wildman–Crippen MR) is 35.5 cm³/mol. The summed E-state index contributed by atoms with van der Waals surface area (Å²) < 4.78 is 0. The van der Waals surface area contributed by atoms with Crippen LogP contribution in [-0.2, 0) is 9.59 Å². The van der Waals surface area contributed by atoms with Crippen LogP contribution in [0.4, 0.5) is 0 Å². The van der Waals surface area contributed by atoms with Crippen molar-refractivity contribution in [3.63, 3.8) is 0 Å². The van der Waals surface area contributed by atoms with Gasteiger partial charge in [0.2, 0.25) is 5.91 Å². The van der Waals surface area contributed by atoms with Gasteiger partial charge in [0.25, 0.3) is 0 Å². The lowest BCUT2D eigenvalue weighted by Gasteiger charge is -1.87. The maximum atomic E-state index is 10.3. The summed E-state index contributed by atoms with van der Waals surface area (Å²) in [5, 5.41) is 1.96. The van der Waals surface area contributed by atoms with E-state index >= 15 is 0 Å². The third-order valence-corrected chi connectivity index (χ3v) is 0.649. The third kappa shape index (κ3) is 5.04. The van der Waals surface area contributed by atoms with Gasteiger partial charge in [-0.25, -0.2) is 0 Å². The van der Waals surface area contributed by atoms with Gasteiger partial charge in [0.15, 0.2) is 0 Å². The Balaban J connectivity index is 3.74.